The molecule has 0 heterocycles. The third-order valence-electron chi connectivity index (χ3n) is 2.93. The molecule has 0 saturated carbocycles. The van der Waals surface area contributed by atoms with Crippen LogP contribution in [0.2, 0.25) is 0 Å². The largest absolute Gasteiger partial charge is 0.304 e. The van der Waals surface area contributed by atoms with Crippen molar-refractivity contribution in [3.63, 3.8) is 0 Å². The Balaban J connectivity index is 2.48. The van der Waals surface area contributed by atoms with Gasteiger partial charge in [-0.1, -0.05) is 12.1 Å². The van der Waals surface area contributed by atoms with Crippen molar-refractivity contribution < 1.29 is 16.8 Å². The fourth-order valence-corrected chi connectivity index (χ4v) is 3.44. The first kappa shape index (κ1) is 18.1. The maximum absolute atomic E-state index is 12.1. The molecule has 1 N–H and O–H groups in total. The zero-order valence-electron chi connectivity index (χ0n) is 12.5. The molecule has 0 bridgehead atoms. The molecule has 0 unspecified atom stereocenters. The zero-order valence-corrected chi connectivity index (χ0v) is 14.2. The SMILES string of the molecule is Cc1cccc(S(=O)(=O)NCCN(C)CCS(C)(=O)=O)c1. The minimum atomic E-state index is -3.52. The van der Waals surface area contributed by atoms with Gasteiger partial charge < -0.3 is 4.90 Å². The first-order valence-electron chi connectivity index (χ1n) is 6.53. The van der Waals surface area contributed by atoms with Crippen LogP contribution in [-0.4, -0.2) is 60.4 Å². The van der Waals surface area contributed by atoms with Crippen LogP contribution >= 0.6 is 0 Å². The molecule has 0 amide bonds. The molecule has 6 nitrogen and oxygen atoms in total. The van der Waals surface area contributed by atoms with Crippen molar-refractivity contribution in [2.45, 2.75) is 11.8 Å². The van der Waals surface area contributed by atoms with E-state index in [-0.39, 0.29) is 17.2 Å². The van der Waals surface area contributed by atoms with E-state index < -0.39 is 19.9 Å². The number of nitrogens with zero attached hydrogens (tertiary/aromatic N) is 1. The summed E-state index contributed by atoms with van der Waals surface area (Å²) in [6.45, 7) is 2.89. The fourth-order valence-electron chi connectivity index (χ4n) is 1.67. The highest BCUT2D eigenvalue weighted by molar-refractivity contribution is 7.90. The summed E-state index contributed by atoms with van der Waals surface area (Å²) in [5.41, 5.74) is 0.878. The van der Waals surface area contributed by atoms with E-state index in [1.165, 1.54) is 6.26 Å². The molecule has 120 valence electrons. The number of sulfonamides is 1. The Hall–Kier alpha value is -0.960. The van der Waals surface area contributed by atoms with Gasteiger partial charge in [0, 0.05) is 25.9 Å². The molecule has 0 radical (unpaired) electrons. The molecule has 0 aliphatic rings. The van der Waals surface area contributed by atoms with Crippen LogP contribution in [0, 0.1) is 6.92 Å². The lowest BCUT2D eigenvalue weighted by atomic mass is 10.2. The summed E-state index contributed by atoms with van der Waals surface area (Å²) in [5.74, 6) is 0.0636. The molecule has 0 saturated heterocycles. The predicted octanol–water partition coefficient (Wildman–Crippen LogP) is 0.250. The van der Waals surface area contributed by atoms with Crippen LogP contribution < -0.4 is 4.72 Å². The molecule has 1 aromatic rings. The van der Waals surface area contributed by atoms with Gasteiger partial charge in [0.25, 0.3) is 0 Å². The summed E-state index contributed by atoms with van der Waals surface area (Å²) >= 11 is 0. The Morgan fingerprint density at radius 1 is 1.14 bits per heavy atom. The van der Waals surface area contributed by atoms with Crippen molar-refractivity contribution in [1.82, 2.24) is 9.62 Å². The second kappa shape index (κ2) is 7.35. The molecular weight excluding hydrogens is 312 g/mol. The first-order chi connectivity index (χ1) is 9.60. The zero-order chi connectivity index (χ0) is 16.1. The van der Waals surface area contributed by atoms with E-state index in [9.17, 15) is 16.8 Å². The number of benzene rings is 1. The van der Waals surface area contributed by atoms with E-state index in [0.717, 1.165) is 5.56 Å². The second-order valence-corrected chi connectivity index (χ2v) is 9.17. The third kappa shape index (κ3) is 7.03. The lowest BCUT2D eigenvalue weighted by Crippen LogP contribution is -2.35. The number of aryl methyl sites for hydroxylation is 1. The van der Waals surface area contributed by atoms with E-state index in [2.05, 4.69) is 4.72 Å². The summed E-state index contributed by atoms with van der Waals surface area (Å²) in [5, 5.41) is 0. The Labute approximate surface area is 127 Å². The standard InChI is InChI=1S/C13H22N2O4S2/c1-12-5-4-6-13(11-12)21(18,19)14-7-8-15(2)9-10-20(3,16)17/h4-6,11,14H,7-10H2,1-3H3. The minimum Gasteiger partial charge on any atom is -0.304 e. The van der Waals surface area contributed by atoms with Gasteiger partial charge in [-0.2, -0.15) is 0 Å². The molecule has 1 aromatic carbocycles. The molecule has 0 aliphatic heterocycles. The average Bonchev–Trinajstić information content (AvgIpc) is 2.35. The van der Waals surface area contributed by atoms with Crippen LogP contribution in [0.1, 0.15) is 5.56 Å². The molecule has 0 aliphatic carbocycles. The number of sulfone groups is 1. The Morgan fingerprint density at radius 3 is 2.38 bits per heavy atom. The van der Waals surface area contributed by atoms with Crippen LogP contribution in [-0.2, 0) is 19.9 Å². The topological polar surface area (TPSA) is 83.6 Å². The van der Waals surface area contributed by atoms with Crippen molar-refractivity contribution in [1.29, 1.82) is 0 Å². The maximum Gasteiger partial charge on any atom is 0.240 e. The summed E-state index contributed by atoms with van der Waals surface area (Å²) in [6, 6.07) is 6.68. The monoisotopic (exact) mass is 334 g/mol. The molecule has 0 fully saturated rings. The minimum absolute atomic E-state index is 0.0636. The van der Waals surface area contributed by atoms with Gasteiger partial charge in [0.05, 0.1) is 10.6 Å². The molecule has 1 rings (SSSR count). The number of rotatable bonds is 8. The van der Waals surface area contributed by atoms with Gasteiger partial charge >= 0.3 is 0 Å². The lowest BCUT2D eigenvalue weighted by Gasteiger charge is -2.16. The summed E-state index contributed by atoms with van der Waals surface area (Å²) in [7, 11) is -4.76. The third-order valence-corrected chi connectivity index (χ3v) is 5.31. The van der Waals surface area contributed by atoms with Crippen LogP contribution in [0.25, 0.3) is 0 Å². The molecular formula is C13H22N2O4S2. The van der Waals surface area contributed by atoms with E-state index in [1.54, 1.807) is 30.1 Å². The van der Waals surface area contributed by atoms with Gasteiger partial charge in [-0.15, -0.1) is 0 Å². The Bertz CT molecular complexity index is 669. The smallest absolute Gasteiger partial charge is 0.240 e. The average molecular weight is 334 g/mol. The Morgan fingerprint density at radius 2 is 1.81 bits per heavy atom. The molecule has 8 heteroatoms. The van der Waals surface area contributed by atoms with Crippen LogP contribution in [0.3, 0.4) is 0 Å². The molecule has 0 atom stereocenters. The number of hydrogen-bond donors (Lipinski definition) is 1. The lowest BCUT2D eigenvalue weighted by molar-refractivity contribution is 0.358. The fraction of sp³-hybridized carbons (Fsp3) is 0.538. The molecule has 21 heavy (non-hydrogen) atoms. The summed E-state index contributed by atoms with van der Waals surface area (Å²) in [6.07, 6.45) is 1.18. The van der Waals surface area contributed by atoms with E-state index in [4.69, 9.17) is 0 Å². The molecule has 0 spiro atoms. The first-order valence-corrected chi connectivity index (χ1v) is 10.1. The van der Waals surface area contributed by atoms with Gasteiger partial charge in [-0.25, -0.2) is 21.6 Å². The maximum atomic E-state index is 12.1. The van der Waals surface area contributed by atoms with E-state index >= 15 is 0 Å². The van der Waals surface area contributed by atoms with Gasteiger partial charge in [0.2, 0.25) is 10.0 Å². The quantitative estimate of drug-likeness (QED) is 0.737. The number of likely N-dealkylation sites (N-methyl/N-ethyl adjacent to an activating group) is 1. The van der Waals surface area contributed by atoms with Crippen LogP contribution in [0.4, 0.5) is 0 Å². The highest BCUT2D eigenvalue weighted by Crippen LogP contribution is 2.10. The summed E-state index contributed by atoms with van der Waals surface area (Å²) in [4.78, 5) is 2.01. The van der Waals surface area contributed by atoms with Gasteiger partial charge in [-0.05, 0) is 31.7 Å². The number of hydrogen-bond acceptors (Lipinski definition) is 5. The second-order valence-electron chi connectivity index (χ2n) is 5.15. The van der Waals surface area contributed by atoms with Crippen molar-refractivity contribution in [2.24, 2.45) is 0 Å². The van der Waals surface area contributed by atoms with Crippen molar-refractivity contribution in [3.8, 4) is 0 Å². The van der Waals surface area contributed by atoms with Crippen LogP contribution in [0.15, 0.2) is 29.2 Å². The normalized spacial score (nSPS) is 12.8. The highest BCUT2D eigenvalue weighted by atomic mass is 32.2. The van der Waals surface area contributed by atoms with E-state index in [0.29, 0.717) is 13.1 Å². The van der Waals surface area contributed by atoms with Gasteiger partial charge in [0.15, 0.2) is 0 Å². The summed E-state index contributed by atoms with van der Waals surface area (Å²) < 4.78 is 48.7. The number of nitrogens with one attached hydrogen (secondary N) is 1. The van der Waals surface area contributed by atoms with E-state index in [1.807, 2.05) is 13.0 Å². The van der Waals surface area contributed by atoms with Crippen molar-refractivity contribution in [2.75, 3.05) is 38.7 Å². The highest BCUT2D eigenvalue weighted by Gasteiger charge is 2.13. The molecule has 0 aromatic heterocycles. The Kier molecular flexibility index (Phi) is 6.33. The van der Waals surface area contributed by atoms with Gasteiger partial charge in [0.1, 0.15) is 9.84 Å². The van der Waals surface area contributed by atoms with Gasteiger partial charge in [-0.3, -0.25) is 0 Å². The van der Waals surface area contributed by atoms with Crippen molar-refractivity contribution in [3.05, 3.63) is 29.8 Å². The van der Waals surface area contributed by atoms with Crippen LogP contribution in [0.5, 0.6) is 0 Å². The predicted molar refractivity (Wildman–Crippen MR) is 83.6 cm³/mol. The van der Waals surface area contributed by atoms with Crippen molar-refractivity contribution >= 4 is 19.9 Å².